The fourth-order valence-corrected chi connectivity index (χ4v) is 4.30. The first-order valence-electron chi connectivity index (χ1n) is 11.4. The van der Waals surface area contributed by atoms with Crippen LogP contribution in [0.3, 0.4) is 0 Å². The van der Waals surface area contributed by atoms with Gasteiger partial charge < -0.3 is 4.74 Å². The van der Waals surface area contributed by atoms with Crippen molar-refractivity contribution < 1.29 is 14.3 Å². The molecule has 0 bridgehead atoms. The van der Waals surface area contributed by atoms with E-state index < -0.39 is 6.09 Å². The average Bonchev–Trinajstić information content (AvgIpc) is 3.63. The summed E-state index contributed by atoms with van der Waals surface area (Å²) in [5.41, 5.74) is 0.785. The lowest BCUT2D eigenvalue weighted by Gasteiger charge is -2.31. The molecule has 1 N–H and O–H groups in total. The second kappa shape index (κ2) is 11.5. The molecule has 166 valence electrons. The van der Waals surface area contributed by atoms with Crippen LogP contribution in [0.15, 0.2) is 35.3 Å². The molecule has 0 heterocycles. The summed E-state index contributed by atoms with van der Waals surface area (Å²) in [6, 6.07) is 9.49. The van der Waals surface area contributed by atoms with E-state index in [9.17, 15) is 14.9 Å². The number of hydrogen-bond donors (Lipinski definition) is 1. The number of nitriles is 1. The zero-order valence-corrected chi connectivity index (χ0v) is 18.3. The van der Waals surface area contributed by atoms with Crippen LogP contribution in [0.1, 0.15) is 63.9 Å². The van der Waals surface area contributed by atoms with E-state index in [4.69, 9.17) is 4.74 Å². The van der Waals surface area contributed by atoms with E-state index >= 15 is 0 Å². The van der Waals surface area contributed by atoms with Crippen molar-refractivity contribution in [2.45, 2.75) is 64.3 Å². The van der Waals surface area contributed by atoms with Crippen molar-refractivity contribution in [3.8, 4) is 6.19 Å². The van der Waals surface area contributed by atoms with Gasteiger partial charge in [0.1, 0.15) is 5.84 Å². The van der Waals surface area contributed by atoms with Crippen molar-refractivity contribution in [2.24, 2.45) is 16.8 Å². The van der Waals surface area contributed by atoms with E-state index in [0.717, 1.165) is 44.1 Å². The molecule has 2 fully saturated rings. The van der Waals surface area contributed by atoms with Crippen LogP contribution >= 0.6 is 0 Å². The standard InChI is InChI=1S/C24H32N4O3/c1-2-31-24(30)27-22(19-11-7-4-8-12-19)26-16-15-21(18-9-5-3-6-10-18)23(29)28(17-25)20-13-14-20/h4,7-8,11-12,18,20-21H,2-3,5-6,9-10,13-16H2,1H3,(H,26,27,30). The second-order valence-electron chi connectivity index (χ2n) is 8.27. The molecule has 31 heavy (non-hydrogen) atoms. The van der Waals surface area contributed by atoms with Gasteiger partial charge in [0.05, 0.1) is 6.61 Å². The van der Waals surface area contributed by atoms with Gasteiger partial charge in [-0.15, -0.1) is 0 Å². The number of ether oxygens (including phenoxy) is 1. The fraction of sp³-hybridized carbons (Fsp3) is 0.583. The van der Waals surface area contributed by atoms with Crippen molar-refractivity contribution in [3.05, 3.63) is 35.9 Å². The summed E-state index contributed by atoms with van der Waals surface area (Å²) in [7, 11) is 0. The van der Waals surface area contributed by atoms with Crippen molar-refractivity contribution in [1.29, 1.82) is 5.26 Å². The Bertz CT molecular complexity index is 808. The SMILES string of the molecule is CCOC(=O)NC(=NCCC(C(=O)N(C#N)C1CC1)C1CCCCC1)c1ccccc1. The monoisotopic (exact) mass is 424 g/mol. The molecule has 7 heteroatoms. The van der Waals surface area contributed by atoms with Gasteiger partial charge in [-0.3, -0.25) is 15.1 Å². The van der Waals surface area contributed by atoms with Crippen LogP contribution in [0, 0.1) is 23.3 Å². The molecule has 0 saturated heterocycles. The molecule has 2 saturated carbocycles. The Morgan fingerprint density at radius 2 is 1.90 bits per heavy atom. The minimum absolute atomic E-state index is 0.0493. The molecule has 0 radical (unpaired) electrons. The van der Waals surface area contributed by atoms with Crippen molar-refractivity contribution in [3.63, 3.8) is 0 Å². The summed E-state index contributed by atoms with van der Waals surface area (Å²) in [5, 5.41) is 12.3. The highest BCUT2D eigenvalue weighted by Gasteiger charge is 2.39. The number of alkyl carbamates (subject to hydrolysis) is 1. The topological polar surface area (TPSA) is 94.8 Å². The number of hydrogen-bond acceptors (Lipinski definition) is 5. The minimum Gasteiger partial charge on any atom is -0.450 e. The van der Waals surface area contributed by atoms with Gasteiger partial charge in [0, 0.05) is 24.1 Å². The molecule has 1 unspecified atom stereocenters. The van der Waals surface area contributed by atoms with E-state index in [-0.39, 0.29) is 24.5 Å². The van der Waals surface area contributed by atoms with Crippen LogP contribution < -0.4 is 5.32 Å². The first-order chi connectivity index (χ1) is 15.1. The second-order valence-corrected chi connectivity index (χ2v) is 8.27. The van der Waals surface area contributed by atoms with E-state index in [2.05, 4.69) is 16.5 Å². The molecule has 3 rings (SSSR count). The molecule has 0 aliphatic heterocycles. The van der Waals surface area contributed by atoms with Crippen molar-refractivity contribution in [2.75, 3.05) is 13.2 Å². The Balaban J connectivity index is 1.74. The lowest BCUT2D eigenvalue weighted by Crippen LogP contribution is -2.39. The molecule has 2 aliphatic carbocycles. The molecule has 1 aromatic carbocycles. The Morgan fingerprint density at radius 1 is 1.19 bits per heavy atom. The highest BCUT2D eigenvalue weighted by molar-refractivity contribution is 6.06. The maximum Gasteiger partial charge on any atom is 0.412 e. The van der Waals surface area contributed by atoms with Crippen LogP contribution in [-0.2, 0) is 9.53 Å². The van der Waals surface area contributed by atoms with Crippen LogP contribution in [0.2, 0.25) is 0 Å². The predicted octanol–water partition coefficient (Wildman–Crippen LogP) is 4.24. The van der Waals surface area contributed by atoms with Gasteiger partial charge in [-0.05, 0) is 44.9 Å². The van der Waals surface area contributed by atoms with Crippen molar-refractivity contribution in [1.82, 2.24) is 10.2 Å². The van der Waals surface area contributed by atoms with Gasteiger partial charge in [0.15, 0.2) is 6.19 Å². The summed E-state index contributed by atoms with van der Waals surface area (Å²) in [5.74, 6) is 0.480. The summed E-state index contributed by atoms with van der Waals surface area (Å²) < 4.78 is 5.01. The number of rotatable bonds is 8. The Kier molecular flexibility index (Phi) is 8.45. The highest BCUT2D eigenvalue weighted by Crippen LogP contribution is 2.35. The molecule has 2 aliphatic rings. The number of amidine groups is 1. The quantitative estimate of drug-likeness (QED) is 0.292. The van der Waals surface area contributed by atoms with E-state index in [0.29, 0.717) is 24.7 Å². The maximum atomic E-state index is 13.2. The number of nitrogens with one attached hydrogen (secondary N) is 1. The maximum absolute atomic E-state index is 13.2. The summed E-state index contributed by atoms with van der Waals surface area (Å²) in [6.45, 7) is 2.42. The molecule has 0 aromatic heterocycles. The number of carbonyl (C=O) groups is 2. The van der Waals surface area contributed by atoms with Crippen LogP contribution in [0.5, 0.6) is 0 Å². The lowest BCUT2D eigenvalue weighted by atomic mass is 9.78. The Labute approximate surface area is 184 Å². The van der Waals surface area contributed by atoms with Gasteiger partial charge >= 0.3 is 6.09 Å². The number of amides is 2. The number of carbonyl (C=O) groups excluding carboxylic acids is 2. The molecule has 2 amide bonds. The first kappa shape index (κ1) is 22.8. The molecule has 1 atom stereocenters. The van der Waals surface area contributed by atoms with Gasteiger partial charge in [0.25, 0.3) is 0 Å². The van der Waals surface area contributed by atoms with Gasteiger partial charge in [-0.1, -0.05) is 49.6 Å². The van der Waals surface area contributed by atoms with E-state index in [1.807, 2.05) is 30.3 Å². The third-order valence-electron chi connectivity index (χ3n) is 6.05. The highest BCUT2D eigenvalue weighted by atomic mass is 16.5. The minimum atomic E-state index is -0.547. The van der Waals surface area contributed by atoms with Crippen LogP contribution in [0.25, 0.3) is 0 Å². The summed E-state index contributed by atoms with van der Waals surface area (Å²) >= 11 is 0. The summed E-state index contributed by atoms with van der Waals surface area (Å²) in [4.78, 5) is 31.2. The zero-order chi connectivity index (χ0) is 22.1. The smallest absolute Gasteiger partial charge is 0.412 e. The third kappa shape index (κ3) is 6.55. The van der Waals surface area contributed by atoms with Gasteiger partial charge in [0.2, 0.25) is 5.91 Å². The number of benzene rings is 1. The molecular weight excluding hydrogens is 392 g/mol. The Morgan fingerprint density at radius 3 is 2.52 bits per heavy atom. The van der Waals surface area contributed by atoms with E-state index in [1.165, 1.54) is 11.3 Å². The summed E-state index contributed by atoms with van der Waals surface area (Å²) in [6.07, 6.45) is 9.49. The Hall–Kier alpha value is -2.88. The normalized spacial score (nSPS) is 18.0. The average molecular weight is 425 g/mol. The van der Waals surface area contributed by atoms with Crippen LogP contribution in [0.4, 0.5) is 4.79 Å². The van der Waals surface area contributed by atoms with Gasteiger partial charge in [-0.25, -0.2) is 9.69 Å². The molecule has 1 aromatic rings. The van der Waals surface area contributed by atoms with Gasteiger partial charge in [-0.2, -0.15) is 5.26 Å². The third-order valence-corrected chi connectivity index (χ3v) is 6.05. The zero-order valence-electron chi connectivity index (χ0n) is 18.3. The first-order valence-corrected chi connectivity index (χ1v) is 11.4. The largest absolute Gasteiger partial charge is 0.450 e. The molecular formula is C24H32N4O3. The fourth-order valence-electron chi connectivity index (χ4n) is 4.30. The van der Waals surface area contributed by atoms with Crippen LogP contribution in [-0.4, -0.2) is 41.9 Å². The lowest BCUT2D eigenvalue weighted by molar-refractivity contribution is -0.135. The van der Waals surface area contributed by atoms with E-state index in [1.54, 1.807) is 6.92 Å². The number of nitrogens with zero attached hydrogens (tertiary/aromatic N) is 3. The van der Waals surface area contributed by atoms with Crippen molar-refractivity contribution >= 4 is 17.8 Å². The number of aliphatic imine (C=N–C) groups is 1. The molecule has 0 spiro atoms. The predicted molar refractivity (Wildman–Crippen MR) is 118 cm³/mol. The molecule has 7 nitrogen and oxygen atoms in total.